The number of halogens is 1. The lowest BCUT2D eigenvalue weighted by Gasteiger charge is -2.48. The van der Waals surface area contributed by atoms with Crippen LogP contribution in [0.25, 0.3) is 0 Å². The maximum Gasteiger partial charge on any atom is 0.124 e. The van der Waals surface area contributed by atoms with Crippen LogP contribution < -0.4 is 5.73 Å². The Hall–Kier alpha value is -0.580. The van der Waals surface area contributed by atoms with E-state index in [1.54, 1.807) is 23.9 Å². The number of rotatable bonds is 4. The Labute approximate surface area is 124 Å². The highest BCUT2D eigenvalue weighted by Crippen LogP contribution is 2.45. The van der Waals surface area contributed by atoms with E-state index >= 15 is 0 Å². The maximum absolute atomic E-state index is 13.1. The smallest absolute Gasteiger partial charge is 0.124 e. The SMILES string of the molecule is NC(CSc1cccc(F)c1)C1CCOC2(CCC2)C1. The maximum atomic E-state index is 13.1. The highest BCUT2D eigenvalue weighted by molar-refractivity contribution is 7.99. The summed E-state index contributed by atoms with van der Waals surface area (Å²) < 4.78 is 19.1. The minimum absolute atomic E-state index is 0.157. The number of nitrogens with two attached hydrogens (primary N) is 1. The van der Waals surface area contributed by atoms with Crippen LogP contribution in [0.1, 0.15) is 32.1 Å². The van der Waals surface area contributed by atoms with Gasteiger partial charge in [-0.1, -0.05) is 6.07 Å². The molecule has 20 heavy (non-hydrogen) atoms. The van der Waals surface area contributed by atoms with Gasteiger partial charge in [0.05, 0.1) is 5.60 Å². The van der Waals surface area contributed by atoms with Gasteiger partial charge < -0.3 is 10.5 Å². The third-order valence-electron chi connectivity index (χ3n) is 4.64. The molecule has 2 unspecified atom stereocenters. The fourth-order valence-electron chi connectivity index (χ4n) is 3.24. The summed E-state index contributed by atoms with van der Waals surface area (Å²) in [5.74, 6) is 1.22. The number of thioether (sulfide) groups is 1. The first-order chi connectivity index (χ1) is 9.67. The second kappa shape index (κ2) is 6.04. The van der Waals surface area contributed by atoms with Crippen LogP contribution in [0.4, 0.5) is 4.39 Å². The van der Waals surface area contributed by atoms with Crippen molar-refractivity contribution in [3.63, 3.8) is 0 Å². The van der Waals surface area contributed by atoms with Crippen LogP contribution in [-0.2, 0) is 4.74 Å². The first kappa shape index (κ1) is 14.4. The molecule has 1 aliphatic carbocycles. The highest BCUT2D eigenvalue weighted by Gasteiger charge is 2.43. The molecule has 0 amide bonds. The molecule has 1 saturated heterocycles. The molecule has 1 aromatic rings. The molecule has 2 fully saturated rings. The van der Waals surface area contributed by atoms with E-state index in [2.05, 4.69) is 0 Å². The summed E-state index contributed by atoms with van der Waals surface area (Å²) in [6.07, 6.45) is 5.87. The third kappa shape index (κ3) is 3.18. The molecule has 0 aromatic heterocycles. The zero-order valence-corrected chi connectivity index (χ0v) is 12.5. The van der Waals surface area contributed by atoms with E-state index in [1.165, 1.54) is 25.3 Å². The van der Waals surface area contributed by atoms with E-state index in [0.717, 1.165) is 30.1 Å². The lowest BCUT2D eigenvalue weighted by Crippen LogP contribution is -2.49. The largest absolute Gasteiger partial charge is 0.375 e. The first-order valence-corrected chi connectivity index (χ1v) is 8.43. The zero-order valence-electron chi connectivity index (χ0n) is 11.7. The van der Waals surface area contributed by atoms with Crippen molar-refractivity contribution in [3.8, 4) is 0 Å². The van der Waals surface area contributed by atoms with Gasteiger partial charge in [0.2, 0.25) is 0 Å². The monoisotopic (exact) mass is 295 g/mol. The van der Waals surface area contributed by atoms with E-state index in [0.29, 0.717) is 5.92 Å². The highest BCUT2D eigenvalue weighted by atomic mass is 32.2. The van der Waals surface area contributed by atoms with E-state index in [4.69, 9.17) is 10.5 Å². The van der Waals surface area contributed by atoms with Crippen molar-refractivity contribution in [3.05, 3.63) is 30.1 Å². The topological polar surface area (TPSA) is 35.2 Å². The normalized spacial score (nSPS) is 26.2. The number of hydrogen-bond acceptors (Lipinski definition) is 3. The minimum atomic E-state index is -0.178. The van der Waals surface area contributed by atoms with Crippen molar-refractivity contribution in [1.29, 1.82) is 0 Å². The molecule has 1 aromatic carbocycles. The second-order valence-corrected chi connectivity index (χ2v) is 7.16. The minimum Gasteiger partial charge on any atom is -0.375 e. The summed E-state index contributed by atoms with van der Waals surface area (Å²) in [5.41, 5.74) is 6.52. The van der Waals surface area contributed by atoms with Crippen LogP contribution in [0.2, 0.25) is 0 Å². The summed E-state index contributed by atoms with van der Waals surface area (Å²) in [5, 5.41) is 0. The van der Waals surface area contributed by atoms with Crippen LogP contribution in [0, 0.1) is 11.7 Å². The molecule has 4 heteroatoms. The molecule has 110 valence electrons. The molecule has 2 N–H and O–H groups in total. The van der Waals surface area contributed by atoms with Gasteiger partial charge in [-0.05, 0) is 56.2 Å². The van der Waals surface area contributed by atoms with Crippen molar-refractivity contribution in [2.45, 2.75) is 48.6 Å². The van der Waals surface area contributed by atoms with Gasteiger partial charge in [-0.3, -0.25) is 0 Å². The van der Waals surface area contributed by atoms with Crippen LogP contribution in [0.5, 0.6) is 0 Å². The molecule has 1 aliphatic heterocycles. The van der Waals surface area contributed by atoms with Crippen molar-refractivity contribution in [2.24, 2.45) is 11.7 Å². The standard InChI is InChI=1S/C16H22FNOS/c17-13-3-1-4-14(9-13)20-11-15(18)12-5-8-19-16(10-12)6-2-7-16/h1,3-4,9,12,15H,2,5-8,10-11,18H2. The summed E-state index contributed by atoms with van der Waals surface area (Å²) >= 11 is 1.66. The van der Waals surface area contributed by atoms with Crippen LogP contribution in [0.3, 0.4) is 0 Å². The Morgan fingerprint density at radius 2 is 2.30 bits per heavy atom. The van der Waals surface area contributed by atoms with Crippen molar-refractivity contribution < 1.29 is 9.13 Å². The molecule has 1 saturated carbocycles. The summed E-state index contributed by atoms with van der Waals surface area (Å²) in [7, 11) is 0. The fourth-order valence-corrected chi connectivity index (χ4v) is 4.26. The van der Waals surface area contributed by atoms with Gasteiger partial charge in [0.15, 0.2) is 0 Å². The molecule has 2 aliphatic rings. The van der Waals surface area contributed by atoms with Crippen molar-refractivity contribution >= 4 is 11.8 Å². The average Bonchev–Trinajstić information content (AvgIpc) is 2.43. The molecule has 1 heterocycles. The van der Waals surface area contributed by atoms with Crippen molar-refractivity contribution in [1.82, 2.24) is 0 Å². The molecule has 3 rings (SSSR count). The summed E-state index contributed by atoms with van der Waals surface area (Å²) in [4.78, 5) is 0.964. The van der Waals surface area contributed by atoms with Gasteiger partial charge in [0.1, 0.15) is 5.82 Å². The fraction of sp³-hybridized carbons (Fsp3) is 0.625. The van der Waals surface area contributed by atoms with Gasteiger partial charge in [-0.15, -0.1) is 11.8 Å². The summed E-state index contributed by atoms with van der Waals surface area (Å²) in [6, 6.07) is 6.92. The van der Waals surface area contributed by atoms with Crippen molar-refractivity contribution in [2.75, 3.05) is 12.4 Å². The average molecular weight is 295 g/mol. The Morgan fingerprint density at radius 1 is 1.45 bits per heavy atom. The van der Waals surface area contributed by atoms with Crippen LogP contribution in [-0.4, -0.2) is 24.0 Å². The number of hydrogen-bond donors (Lipinski definition) is 1. The molecular formula is C16H22FNOS. The number of benzene rings is 1. The molecule has 0 bridgehead atoms. The van der Waals surface area contributed by atoms with Gasteiger partial charge in [-0.2, -0.15) is 0 Å². The van der Waals surface area contributed by atoms with Crippen LogP contribution in [0.15, 0.2) is 29.2 Å². The van der Waals surface area contributed by atoms with Crippen LogP contribution >= 0.6 is 11.8 Å². The molecule has 2 atom stereocenters. The van der Waals surface area contributed by atoms with Gasteiger partial charge in [0.25, 0.3) is 0 Å². The number of ether oxygens (including phenoxy) is 1. The first-order valence-electron chi connectivity index (χ1n) is 7.45. The summed E-state index contributed by atoms with van der Waals surface area (Å²) in [6.45, 7) is 0.850. The zero-order chi connectivity index (χ0) is 14.0. The predicted octanol–water partition coefficient (Wildman–Crippen LogP) is 3.59. The Bertz CT molecular complexity index is 464. The predicted molar refractivity (Wildman–Crippen MR) is 80.4 cm³/mol. The molecular weight excluding hydrogens is 273 g/mol. The Balaban J connectivity index is 1.52. The molecule has 0 radical (unpaired) electrons. The molecule has 2 nitrogen and oxygen atoms in total. The lowest BCUT2D eigenvalue weighted by atomic mass is 9.71. The van der Waals surface area contributed by atoms with E-state index in [1.807, 2.05) is 6.07 Å². The third-order valence-corrected chi connectivity index (χ3v) is 5.78. The molecule has 1 spiro atoms. The van der Waals surface area contributed by atoms with Gasteiger partial charge >= 0.3 is 0 Å². The van der Waals surface area contributed by atoms with E-state index in [9.17, 15) is 4.39 Å². The second-order valence-electron chi connectivity index (χ2n) is 6.07. The Kier molecular flexibility index (Phi) is 4.34. The quantitative estimate of drug-likeness (QED) is 0.862. The lowest BCUT2D eigenvalue weighted by molar-refractivity contribution is -0.145. The van der Waals surface area contributed by atoms with E-state index in [-0.39, 0.29) is 17.5 Å². The van der Waals surface area contributed by atoms with E-state index < -0.39 is 0 Å². The van der Waals surface area contributed by atoms with Gasteiger partial charge in [0, 0.05) is 23.3 Å². The Morgan fingerprint density at radius 3 is 3.00 bits per heavy atom. The van der Waals surface area contributed by atoms with Gasteiger partial charge in [-0.25, -0.2) is 4.39 Å².